The van der Waals surface area contributed by atoms with E-state index in [9.17, 15) is 4.79 Å². The van der Waals surface area contributed by atoms with E-state index in [1.54, 1.807) is 36.7 Å². The Labute approximate surface area is 176 Å². The molecule has 1 aliphatic rings. The average molecular weight is 406 g/mol. The predicted molar refractivity (Wildman–Crippen MR) is 112 cm³/mol. The maximum absolute atomic E-state index is 12.5. The summed E-state index contributed by atoms with van der Waals surface area (Å²) in [7, 11) is 1.92. The number of aryl methyl sites for hydroxylation is 1. The molecule has 0 aliphatic heterocycles. The van der Waals surface area contributed by atoms with Gasteiger partial charge in [-0.25, -0.2) is 9.97 Å². The van der Waals surface area contributed by atoms with Crippen LogP contribution in [0, 0.1) is 0 Å². The zero-order valence-corrected chi connectivity index (χ0v) is 17.1. The van der Waals surface area contributed by atoms with Crippen molar-refractivity contribution in [2.75, 3.05) is 0 Å². The monoisotopic (exact) mass is 406 g/mol. The molecule has 7 heteroatoms. The van der Waals surface area contributed by atoms with Crippen molar-refractivity contribution in [1.82, 2.24) is 19.9 Å². The van der Waals surface area contributed by atoms with Gasteiger partial charge in [0.05, 0.1) is 0 Å². The Balaban J connectivity index is 1.28. The molecule has 1 saturated carbocycles. The van der Waals surface area contributed by atoms with Crippen molar-refractivity contribution >= 4 is 5.91 Å². The second-order valence-corrected chi connectivity index (χ2v) is 7.48. The number of pyridine rings is 1. The zero-order chi connectivity index (χ0) is 20.8. The van der Waals surface area contributed by atoms with E-state index in [1.807, 2.05) is 29.9 Å². The highest BCUT2D eigenvalue weighted by molar-refractivity contribution is 5.94. The number of hydrogen-bond donors (Lipinski definition) is 1. The lowest BCUT2D eigenvalue weighted by Gasteiger charge is -2.13. The van der Waals surface area contributed by atoms with Crippen molar-refractivity contribution in [2.45, 2.75) is 44.9 Å². The second kappa shape index (κ2) is 9.43. The molecule has 7 nitrogen and oxygen atoms in total. The van der Waals surface area contributed by atoms with Crippen LogP contribution >= 0.6 is 0 Å². The Morgan fingerprint density at radius 1 is 1.13 bits per heavy atom. The minimum absolute atomic E-state index is 0.138. The number of carbonyl (C=O) groups is 1. The number of carbonyl (C=O) groups excluding carboxylic acids is 1. The van der Waals surface area contributed by atoms with Crippen LogP contribution in [0.25, 0.3) is 0 Å². The third-order valence-corrected chi connectivity index (χ3v) is 5.25. The molecule has 1 fully saturated rings. The molecule has 1 N–H and O–H groups in total. The maximum Gasteiger partial charge on any atom is 0.251 e. The number of nitrogens with zero attached hydrogens (tertiary/aromatic N) is 3. The Kier molecular flexibility index (Phi) is 6.27. The number of amides is 1. The van der Waals surface area contributed by atoms with Gasteiger partial charge >= 0.3 is 0 Å². The van der Waals surface area contributed by atoms with Crippen LogP contribution in [0.15, 0.2) is 55.0 Å². The first-order chi connectivity index (χ1) is 14.7. The lowest BCUT2D eigenvalue weighted by atomic mass is 10.2. The van der Waals surface area contributed by atoms with Gasteiger partial charge in [-0.3, -0.25) is 4.79 Å². The third-order valence-electron chi connectivity index (χ3n) is 5.25. The van der Waals surface area contributed by atoms with Crippen molar-refractivity contribution in [3.63, 3.8) is 0 Å². The van der Waals surface area contributed by atoms with E-state index in [4.69, 9.17) is 9.47 Å². The molecular formula is C23H26N4O3. The Bertz CT molecular complexity index is 978. The summed E-state index contributed by atoms with van der Waals surface area (Å²) in [6, 6.07) is 10.9. The number of hydrogen-bond acceptors (Lipinski definition) is 5. The first-order valence-electron chi connectivity index (χ1n) is 10.3. The normalized spacial score (nSPS) is 13.9. The lowest BCUT2D eigenvalue weighted by Crippen LogP contribution is -2.22. The molecule has 2 heterocycles. The standard InChI is InChI=1S/C23H26N4O3/c1-27-13-12-24-21(27)16-29-19-8-6-18(7-9-19)23(28)26-15-17-10-11-25-22(14-17)30-20-4-2-3-5-20/h6-14,20H,2-5,15-16H2,1H3,(H,26,28). The van der Waals surface area contributed by atoms with Gasteiger partial charge < -0.3 is 19.4 Å². The first-order valence-corrected chi connectivity index (χ1v) is 10.3. The molecule has 0 radical (unpaired) electrons. The number of nitrogens with one attached hydrogen (secondary N) is 1. The number of rotatable bonds is 8. The van der Waals surface area contributed by atoms with Gasteiger partial charge in [-0.2, -0.15) is 0 Å². The van der Waals surface area contributed by atoms with E-state index in [0.29, 0.717) is 30.3 Å². The van der Waals surface area contributed by atoms with Crippen LogP contribution in [0.4, 0.5) is 0 Å². The van der Waals surface area contributed by atoms with Gasteiger partial charge in [-0.15, -0.1) is 0 Å². The fourth-order valence-corrected chi connectivity index (χ4v) is 3.47. The summed E-state index contributed by atoms with van der Waals surface area (Å²) in [5, 5.41) is 2.94. The molecule has 4 rings (SSSR count). The summed E-state index contributed by atoms with van der Waals surface area (Å²) in [4.78, 5) is 21.0. The highest BCUT2D eigenvalue weighted by Gasteiger charge is 2.17. The summed E-state index contributed by atoms with van der Waals surface area (Å²) < 4.78 is 13.6. The summed E-state index contributed by atoms with van der Waals surface area (Å²) in [6.07, 6.45) is 10.2. The molecule has 3 aromatic rings. The molecule has 156 valence electrons. The molecule has 1 aliphatic carbocycles. The van der Waals surface area contributed by atoms with E-state index >= 15 is 0 Å². The number of aromatic nitrogens is 3. The fraction of sp³-hybridized carbons (Fsp3) is 0.348. The molecule has 1 amide bonds. The Morgan fingerprint density at radius 2 is 1.93 bits per heavy atom. The van der Waals surface area contributed by atoms with Gasteiger partial charge in [0, 0.05) is 43.8 Å². The van der Waals surface area contributed by atoms with E-state index < -0.39 is 0 Å². The minimum atomic E-state index is -0.138. The average Bonchev–Trinajstić information content (AvgIpc) is 3.43. The van der Waals surface area contributed by atoms with Crippen molar-refractivity contribution < 1.29 is 14.3 Å². The van der Waals surface area contributed by atoms with Gasteiger partial charge in [0.15, 0.2) is 0 Å². The van der Waals surface area contributed by atoms with Gasteiger partial charge in [-0.1, -0.05) is 0 Å². The molecule has 0 atom stereocenters. The van der Waals surface area contributed by atoms with E-state index in [0.717, 1.165) is 24.2 Å². The molecule has 30 heavy (non-hydrogen) atoms. The van der Waals surface area contributed by atoms with Crippen LogP contribution in [-0.4, -0.2) is 26.5 Å². The molecular weight excluding hydrogens is 380 g/mol. The summed E-state index contributed by atoms with van der Waals surface area (Å²) >= 11 is 0. The van der Waals surface area contributed by atoms with E-state index in [1.165, 1.54) is 12.8 Å². The molecule has 0 bridgehead atoms. The molecule has 0 saturated heterocycles. The first kappa shape index (κ1) is 19.9. The predicted octanol–water partition coefficient (Wildman–Crippen LogP) is 3.65. The summed E-state index contributed by atoms with van der Waals surface area (Å²) in [5.41, 5.74) is 1.54. The van der Waals surface area contributed by atoms with Crippen molar-refractivity contribution in [2.24, 2.45) is 7.05 Å². The van der Waals surface area contributed by atoms with Crippen LogP contribution in [0.1, 0.15) is 47.4 Å². The quantitative estimate of drug-likeness (QED) is 0.618. The maximum atomic E-state index is 12.5. The van der Waals surface area contributed by atoms with Crippen LogP contribution in [0.5, 0.6) is 11.6 Å². The van der Waals surface area contributed by atoms with Gasteiger partial charge in [0.1, 0.15) is 24.3 Å². The second-order valence-electron chi connectivity index (χ2n) is 7.48. The molecule has 0 unspecified atom stereocenters. The smallest absolute Gasteiger partial charge is 0.251 e. The van der Waals surface area contributed by atoms with Crippen molar-refractivity contribution in [3.05, 3.63) is 71.9 Å². The Hall–Kier alpha value is -3.35. The fourth-order valence-electron chi connectivity index (χ4n) is 3.47. The molecule has 1 aromatic carbocycles. The Morgan fingerprint density at radius 3 is 2.67 bits per heavy atom. The van der Waals surface area contributed by atoms with Crippen LogP contribution in [0.3, 0.4) is 0 Å². The SMILES string of the molecule is Cn1ccnc1COc1ccc(C(=O)NCc2ccnc(OC3CCCC3)c2)cc1. The van der Waals surface area contributed by atoms with Crippen LogP contribution in [0.2, 0.25) is 0 Å². The lowest BCUT2D eigenvalue weighted by molar-refractivity contribution is 0.0950. The minimum Gasteiger partial charge on any atom is -0.486 e. The van der Waals surface area contributed by atoms with Gasteiger partial charge in [0.2, 0.25) is 5.88 Å². The third kappa shape index (κ3) is 5.17. The van der Waals surface area contributed by atoms with E-state index in [-0.39, 0.29) is 12.0 Å². The summed E-state index contributed by atoms with van der Waals surface area (Å²) in [6.45, 7) is 0.794. The highest BCUT2D eigenvalue weighted by Crippen LogP contribution is 2.23. The van der Waals surface area contributed by atoms with Crippen molar-refractivity contribution in [3.8, 4) is 11.6 Å². The number of benzene rings is 1. The number of imidazole rings is 1. The van der Waals surface area contributed by atoms with Crippen LogP contribution < -0.4 is 14.8 Å². The molecule has 2 aromatic heterocycles. The highest BCUT2D eigenvalue weighted by atomic mass is 16.5. The zero-order valence-electron chi connectivity index (χ0n) is 17.1. The largest absolute Gasteiger partial charge is 0.486 e. The van der Waals surface area contributed by atoms with Gasteiger partial charge in [0.25, 0.3) is 5.91 Å². The topological polar surface area (TPSA) is 78.3 Å². The molecule has 0 spiro atoms. The van der Waals surface area contributed by atoms with Crippen molar-refractivity contribution in [1.29, 1.82) is 0 Å². The van der Waals surface area contributed by atoms with Crippen LogP contribution in [-0.2, 0) is 20.2 Å². The van der Waals surface area contributed by atoms with E-state index in [2.05, 4.69) is 15.3 Å². The number of ether oxygens (including phenoxy) is 2. The van der Waals surface area contributed by atoms with Gasteiger partial charge in [-0.05, 0) is 61.6 Å². The summed E-state index contributed by atoms with van der Waals surface area (Å²) in [5.74, 6) is 2.02.